The number of carbonyl (C=O) groups is 2. The summed E-state index contributed by atoms with van der Waals surface area (Å²) in [5.41, 5.74) is -1.83. The van der Waals surface area contributed by atoms with Gasteiger partial charge in [0.2, 0.25) is 11.5 Å². The fourth-order valence-electron chi connectivity index (χ4n) is 3.26. The van der Waals surface area contributed by atoms with E-state index in [0.29, 0.717) is 0 Å². The van der Waals surface area contributed by atoms with Crippen LogP contribution in [0.25, 0.3) is 21.9 Å². The van der Waals surface area contributed by atoms with Gasteiger partial charge in [-0.15, -0.1) is 0 Å². The lowest BCUT2D eigenvalue weighted by Crippen LogP contribution is -2.25. The Labute approximate surface area is 193 Å². The molecule has 0 radical (unpaired) electrons. The first-order chi connectivity index (χ1) is 16.6. The van der Waals surface area contributed by atoms with Crippen LogP contribution in [-0.2, 0) is 0 Å². The Balaban J connectivity index is 1.52. The molecule has 180 valence electrons. The molecule has 2 heterocycles. The zero-order chi connectivity index (χ0) is 25.3. The van der Waals surface area contributed by atoms with E-state index < -0.39 is 59.5 Å². The van der Waals surface area contributed by atoms with Crippen LogP contribution in [0.3, 0.4) is 0 Å². The van der Waals surface area contributed by atoms with E-state index in [1.54, 1.807) is 0 Å². The maximum absolute atomic E-state index is 14.0. The van der Waals surface area contributed by atoms with Gasteiger partial charge in [-0.1, -0.05) is 6.07 Å². The Morgan fingerprint density at radius 2 is 1.37 bits per heavy atom. The predicted molar refractivity (Wildman–Crippen MR) is 116 cm³/mol. The molecule has 3 N–H and O–H groups in total. The first kappa shape index (κ1) is 23.4. The van der Waals surface area contributed by atoms with Crippen molar-refractivity contribution in [2.75, 3.05) is 13.2 Å². The number of hydrogen-bond acceptors (Lipinski definition) is 9. The second-order valence-electron chi connectivity index (χ2n) is 7.24. The molecule has 0 fully saturated rings. The monoisotopic (exact) mass is 486 g/mol. The van der Waals surface area contributed by atoms with Crippen molar-refractivity contribution in [3.05, 3.63) is 80.2 Å². The van der Waals surface area contributed by atoms with Crippen molar-refractivity contribution in [1.82, 2.24) is 0 Å². The van der Waals surface area contributed by atoms with Crippen molar-refractivity contribution < 1.29 is 47.6 Å². The Bertz CT molecular complexity index is 1580. The molecular weight excluding hydrogens is 471 g/mol. The molecule has 0 bridgehead atoms. The molecule has 4 rings (SSSR count). The van der Waals surface area contributed by atoms with Crippen LogP contribution in [0.4, 0.5) is 4.39 Å². The quantitative estimate of drug-likeness (QED) is 0.333. The standard InChI is InChI=1S/C23H15FO11/c24-10-4-16(21-13(27)7-19(23(30)31)35-17(21)5-10)33-9-11(25)8-32-14-2-1-3-15-20(14)12(26)6-18(34-15)22(28)29/h1-7,11,25H,8-9H2,(H,28,29)(H,30,31). The van der Waals surface area contributed by atoms with Gasteiger partial charge in [-0.3, -0.25) is 9.59 Å². The summed E-state index contributed by atoms with van der Waals surface area (Å²) < 4.78 is 35.0. The minimum absolute atomic E-state index is 0.0188. The van der Waals surface area contributed by atoms with Gasteiger partial charge >= 0.3 is 11.9 Å². The number of aromatic carboxylic acids is 2. The summed E-state index contributed by atoms with van der Waals surface area (Å²) >= 11 is 0. The third-order valence-electron chi connectivity index (χ3n) is 4.76. The summed E-state index contributed by atoms with van der Waals surface area (Å²) in [5.74, 6) is -5.28. The molecular formula is C23H15FO11. The molecule has 0 aliphatic rings. The summed E-state index contributed by atoms with van der Waals surface area (Å²) in [4.78, 5) is 46.8. The van der Waals surface area contributed by atoms with Crippen molar-refractivity contribution in [3.63, 3.8) is 0 Å². The smallest absolute Gasteiger partial charge is 0.371 e. The average molecular weight is 486 g/mol. The van der Waals surface area contributed by atoms with Crippen LogP contribution in [0.2, 0.25) is 0 Å². The van der Waals surface area contributed by atoms with Crippen molar-refractivity contribution >= 4 is 33.9 Å². The SMILES string of the molecule is O=C(O)c1cc(=O)c2c(OCC(O)COc3cc(F)cc4oc(C(=O)O)cc(=O)c34)cccc2o1. The number of rotatable bonds is 8. The average Bonchev–Trinajstić information content (AvgIpc) is 2.80. The van der Waals surface area contributed by atoms with E-state index in [2.05, 4.69) is 0 Å². The Hall–Kier alpha value is -4.71. The highest BCUT2D eigenvalue weighted by atomic mass is 19.1. The van der Waals surface area contributed by atoms with Crippen LogP contribution < -0.4 is 20.3 Å². The Morgan fingerprint density at radius 1 is 0.829 bits per heavy atom. The molecule has 0 saturated heterocycles. The highest BCUT2D eigenvalue weighted by Crippen LogP contribution is 2.26. The molecule has 0 aliphatic heterocycles. The van der Waals surface area contributed by atoms with Gasteiger partial charge in [0.15, 0.2) is 10.9 Å². The maximum Gasteiger partial charge on any atom is 0.371 e. The molecule has 1 atom stereocenters. The van der Waals surface area contributed by atoms with Crippen LogP contribution in [0.5, 0.6) is 11.5 Å². The summed E-state index contributed by atoms with van der Waals surface area (Å²) in [7, 11) is 0. The van der Waals surface area contributed by atoms with E-state index in [1.165, 1.54) is 18.2 Å². The normalized spacial score (nSPS) is 11.9. The van der Waals surface area contributed by atoms with Crippen molar-refractivity contribution in [2.45, 2.75) is 6.10 Å². The highest BCUT2D eigenvalue weighted by Gasteiger charge is 2.18. The summed E-state index contributed by atoms with van der Waals surface area (Å²) in [6.45, 7) is -0.870. The number of halogens is 1. The van der Waals surface area contributed by atoms with Gasteiger partial charge in [-0.25, -0.2) is 14.0 Å². The van der Waals surface area contributed by atoms with Crippen LogP contribution in [-0.4, -0.2) is 46.6 Å². The molecule has 2 aromatic heterocycles. The fraction of sp³-hybridized carbons (Fsp3) is 0.130. The molecule has 0 amide bonds. The zero-order valence-corrected chi connectivity index (χ0v) is 17.5. The third-order valence-corrected chi connectivity index (χ3v) is 4.76. The number of aliphatic hydroxyl groups is 1. The van der Waals surface area contributed by atoms with E-state index in [9.17, 15) is 28.7 Å². The molecule has 11 nitrogen and oxygen atoms in total. The number of ether oxygens (including phenoxy) is 2. The van der Waals surface area contributed by atoms with Gasteiger partial charge in [0.25, 0.3) is 0 Å². The van der Waals surface area contributed by atoms with Crippen LogP contribution in [0.15, 0.2) is 60.9 Å². The molecule has 2 aromatic carbocycles. The first-order valence-electron chi connectivity index (χ1n) is 9.88. The van der Waals surface area contributed by atoms with Gasteiger partial charge in [-0.2, -0.15) is 0 Å². The number of hydrogen-bond donors (Lipinski definition) is 3. The predicted octanol–water partition coefficient (Wildman–Crippen LogP) is 2.25. The van der Waals surface area contributed by atoms with E-state index in [-0.39, 0.29) is 33.4 Å². The number of carboxylic acids is 2. The van der Waals surface area contributed by atoms with E-state index in [4.69, 9.17) is 28.5 Å². The molecule has 12 heteroatoms. The van der Waals surface area contributed by atoms with Gasteiger partial charge in [0.1, 0.15) is 58.6 Å². The highest BCUT2D eigenvalue weighted by molar-refractivity contribution is 5.90. The lowest BCUT2D eigenvalue weighted by Gasteiger charge is -2.15. The Kier molecular flexibility index (Phi) is 6.21. The number of benzene rings is 2. The summed E-state index contributed by atoms with van der Waals surface area (Å²) in [5, 5.41) is 28.0. The van der Waals surface area contributed by atoms with Crippen LogP contribution in [0, 0.1) is 5.82 Å². The van der Waals surface area contributed by atoms with E-state index in [1.807, 2.05) is 0 Å². The first-order valence-corrected chi connectivity index (χ1v) is 9.88. The molecule has 1 unspecified atom stereocenters. The van der Waals surface area contributed by atoms with Gasteiger partial charge < -0.3 is 33.6 Å². The minimum Gasteiger partial charge on any atom is -0.490 e. The van der Waals surface area contributed by atoms with Crippen molar-refractivity contribution in [1.29, 1.82) is 0 Å². The van der Waals surface area contributed by atoms with Gasteiger partial charge in [-0.05, 0) is 12.1 Å². The second kappa shape index (κ2) is 9.27. The minimum atomic E-state index is -1.51. The zero-order valence-electron chi connectivity index (χ0n) is 17.5. The Morgan fingerprint density at radius 3 is 1.97 bits per heavy atom. The number of aliphatic hydroxyl groups excluding tert-OH is 1. The van der Waals surface area contributed by atoms with Crippen LogP contribution in [0.1, 0.15) is 21.1 Å². The largest absolute Gasteiger partial charge is 0.490 e. The fourth-order valence-corrected chi connectivity index (χ4v) is 3.26. The summed E-state index contributed by atoms with van der Waals surface area (Å²) in [6, 6.07) is 7.48. The van der Waals surface area contributed by atoms with Gasteiger partial charge in [0.05, 0.1) is 0 Å². The van der Waals surface area contributed by atoms with Crippen molar-refractivity contribution in [2.24, 2.45) is 0 Å². The van der Waals surface area contributed by atoms with E-state index in [0.717, 1.165) is 24.3 Å². The molecule has 0 spiro atoms. The lowest BCUT2D eigenvalue weighted by molar-refractivity contribution is 0.0635. The van der Waals surface area contributed by atoms with Gasteiger partial charge in [0, 0.05) is 24.3 Å². The number of fused-ring (bicyclic) bond motifs is 2. The molecule has 0 saturated carbocycles. The second-order valence-corrected chi connectivity index (χ2v) is 7.24. The van der Waals surface area contributed by atoms with Crippen molar-refractivity contribution in [3.8, 4) is 11.5 Å². The molecule has 35 heavy (non-hydrogen) atoms. The molecule has 0 aliphatic carbocycles. The maximum atomic E-state index is 14.0. The molecule has 4 aromatic rings. The van der Waals surface area contributed by atoms with Crippen LogP contribution >= 0.6 is 0 Å². The van der Waals surface area contributed by atoms with E-state index >= 15 is 0 Å². The summed E-state index contributed by atoms with van der Waals surface area (Å²) in [6.07, 6.45) is -1.32. The third kappa shape index (κ3) is 4.82. The lowest BCUT2D eigenvalue weighted by atomic mass is 10.2. The topological polar surface area (TPSA) is 174 Å². The number of carboxylic acid groups (broad SMARTS) is 2.